The Hall–Kier alpha value is -3.35. The van der Waals surface area contributed by atoms with Crippen LogP contribution in [0.15, 0.2) is 48.5 Å². The molecule has 7 heteroatoms. The number of carbonyl (C=O) groups is 3. The Bertz CT molecular complexity index is 1010. The van der Waals surface area contributed by atoms with Crippen molar-refractivity contribution in [3.63, 3.8) is 0 Å². The second-order valence-electron chi connectivity index (χ2n) is 9.50. The number of carbonyl (C=O) groups excluding carboxylic acids is 2. The lowest BCUT2D eigenvalue weighted by molar-refractivity contribution is -0.151. The van der Waals surface area contributed by atoms with Crippen LogP contribution in [0.2, 0.25) is 0 Å². The van der Waals surface area contributed by atoms with E-state index < -0.39 is 23.5 Å². The highest BCUT2D eigenvalue weighted by atomic mass is 16.5. The zero-order chi connectivity index (χ0) is 24.1. The number of amides is 2. The van der Waals surface area contributed by atoms with Crippen LogP contribution >= 0.6 is 0 Å². The summed E-state index contributed by atoms with van der Waals surface area (Å²) in [5, 5.41) is 15.1. The number of benzene rings is 2. The van der Waals surface area contributed by atoms with Gasteiger partial charge in [0.05, 0.1) is 5.41 Å². The molecular formula is C27H32N2O5. The minimum Gasteiger partial charge on any atom is -0.481 e. The number of fused-ring (bicyclic) bond motifs is 3. The van der Waals surface area contributed by atoms with Crippen molar-refractivity contribution in [3.8, 4) is 11.1 Å². The van der Waals surface area contributed by atoms with Gasteiger partial charge in [0.15, 0.2) is 0 Å². The largest absolute Gasteiger partial charge is 0.481 e. The molecule has 0 radical (unpaired) electrons. The number of nitrogens with one attached hydrogen (secondary N) is 2. The van der Waals surface area contributed by atoms with Crippen molar-refractivity contribution >= 4 is 18.0 Å². The van der Waals surface area contributed by atoms with E-state index in [4.69, 9.17) is 4.74 Å². The number of ether oxygens (including phenoxy) is 1. The van der Waals surface area contributed by atoms with E-state index in [0.29, 0.717) is 12.8 Å². The third kappa shape index (κ3) is 5.08. The van der Waals surface area contributed by atoms with Crippen LogP contribution in [0.4, 0.5) is 4.79 Å². The third-order valence-electron chi connectivity index (χ3n) is 7.09. The van der Waals surface area contributed by atoms with Gasteiger partial charge in [0.1, 0.15) is 6.61 Å². The van der Waals surface area contributed by atoms with Crippen molar-refractivity contribution in [1.29, 1.82) is 0 Å². The first-order valence-corrected chi connectivity index (χ1v) is 12.0. The Balaban J connectivity index is 1.26. The van der Waals surface area contributed by atoms with Crippen molar-refractivity contribution in [2.75, 3.05) is 13.2 Å². The molecule has 1 saturated carbocycles. The molecule has 0 aliphatic heterocycles. The molecule has 0 bridgehead atoms. The maximum atomic E-state index is 12.4. The summed E-state index contributed by atoms with van der Waals surface area (Å²) in [5.74, 6) is -1.16. The van der Waals surface area contributed by atoms with Gasteiger partial charge >= 0.3 is 12.1 Å². The van der Waals surface area contributed by atoms with Crippen LogP contribution in [0, 0.1) is 5.41 Å². The van der Waals surface area contributed by atoms with Crippen LogP contribution in [-0.2, 0) is 14.3 Å². The molecule has 2 amide bonds. The average Bonchev–Trinajstić information content (AvgIpc) is 3.15. The SMILES string of the molecule is CC(CC(=O)NCC1(C(=O)O)CCCCC1)NC(=O)OCC1c2ccccc2-c2ccccc21. The Morgan fingerprint density at radius 3 is 2.18 bits per heavy atom. The Kier molecular flexibility index (Phi) is 7.20. The molecule has 0 heterocycles. The fraction of sp³-hybridized carbons (Fsp3) is 0.444. The summed E-state index contributed by atoms with van der Waals surface area (Å²) in [6.07, 6.45) is 3.40. The number of carboxylic acids is 1. The lowest BCUT2D eigenvalue weighted by Crippen LogP contribution is -2.45. The zero-order valence-corrected chi connectivity index (χ0v) is 19.5. The third-order valence-corrected chi connectivity index (χ3v) is 7.09. The summed E-state index contributed by atoms with van der Waals surface area (Å²) in [6.45, 7) is 2.06. The van der Waals surface area contributed by atoms with E-state index >= 15 is 0 Å². The summed E-state index contributed by atoms with van der Waals surface area (Å²) in [6, 6.07) is 15.8. The van der Waals surface area contributed by atoms with Gasteiger partial charge in [-0.15, -0.1) is 0 Å². The second-order valence-corrected chi connectivity index (χ2v) is 9.50. The second kappa shape index (κ2) is 10.3. The van der Waals surface area contributed by atoms with Gasteiger partial charge in [0, 0.05) is 24.9 Å². The fourth-order valence-electron chi connectivity index (χ4n) is 5.21. The standard InChI is InChI=1S/C27H32N2O5/c1-18(15-24(30)28-17-27(25(31)32)13-7-2-8-14-27)29-26(33)34-16-23-21-11-5-3-9-19(21)20-10-4-6-12-22(20)23/h3-6,9-12,18,23H,2,7-8,13-17H2,1H3,(H,28,30)(H,29,33)(H,31,32). The van der Waals surface area contributed by atoms with Gasteiger partial charge in [-0.05, 0) is 42.0 Å². The molecule has 2 aliphatic rings. The van der Waals surface area contributed by atoms with E-state index in [1.807, 2.05) is 24.3 Å². The van der Waals surface area contributed by atoms with E-state index in [9.17, 15) is 19.5 Å². The molecule has 0 saturated heterocycles. The number of alkyl carbamates (subject to hydrolysis) is 1. The van der Waals surface area contributed by atoms with E-state index in [1.165, 1.54) is 0 Å². The summed E-state index contributed by atoms with van der Waals surface area (Å²) < 4.78 is 5.54. The average molecular weight is 465 g/mol. The smallest absolute Gasteiger partial charge is 0.407 e. The van der Waals surface area contributed by atoms with Crippen molar-refractivity contribution in [2.24, 2.45) is 5.41 Å². The molecule has 0 spiro atoms. The molecule has 2 aromatic rings. The van der Waals surface area contributed by atoms with Gasteiger partial charge in [0.2, 0.25) is 5.91 Å². The Morgan fingerprint density at radius 1 is 1.00 bits per heavy atom. The topological polar surface area (TPSA) is 105 Å². The predicted molar refractivity (Wildman–Crippen MR) is 128 cm³/mol. The Labute approximate surface area is 199 Å². The monoisotopic (exact) mass is 464 g/mol. The van der Waals surface area contributed by atoms with Gasteiger partial charge in [-0.3, -0.25) is 9.59 Å². The lowest BCUT2D eigenvalue weighted by Gasteiger charge is -2.33. The molecule has 34 heavy (non-hydrogen) atoms. The van der Waals surface area contributed by atoms with Crippen molar-refractivity contribution in [2.45, 2.75) is 57.4 Å². The van der Waals surface area contributed by atoms with Crippen LogP contribution in [0.1, 0.15) is 62.5 Å². The van der Waals surface area contributed by atoms with Gasteiger partial charge in [-0.1, -0.05) is 67.8 Å². The van der Waals surface area contributed by atoms with Crippen LogP contribution < -0.4 is 10.6 Å². The minimum absolute atomic E-state index is 0.0283. The van der Waals surface area contributed by atoms with E-state index in [-0.39, 0.29) is 31.4 Å². The maximum absolute atomic E-state index is 12.4. The first-order chi connectivity index (χ1) is 16.4. The summed E-state index contributed by atoms with van der Waals surface area (Å²) in [4.78, 5) is 36.6. The maximum Gasteiger partial charge on any atom is 0.407 e. The molecule has 3 N–H and O–H groups in total. The lowest BCUT2D eigenvalue weighted by atomic mass is 9.74. The molecule has 2 aliphatic carbocycles. The van der Waals surface area contributed by atoms with Gasteiger partial charge in [-0.2, -0.15) is 0 Å². The first kappa shape index (κ1) is 23.8. The molecular weight excluding hydrogens is 432 g/mol. The molecule has 0 aromatic heterocycles. The number of rotatable bonds is 8. The highest BCUT2D eigenvalue weighted by Crippen LogP contribution is 2.44. The van der Waals surface area contributed by atoms with Crippen LogP contribution in [0.25, 0.3) is 11.1 Å². The highest BCUT2D eigenvalue weighted by Gasteiger charge is 2.39. The number of aliphatic carboxylic acids is 1. The molecule has 1 fully saturated rings. The highest BCUT2D eigenvalue weighted by molar-refractivity contribution is 5.81. The quantitative estimate of drug-likeness (QED) is 0.535. The van der Waals surface area contributed by atoms with Crippen molar-refractivity contribution < 1.29 is 24.2 Å². The summed E-state index contributed by atoms with van der Waals surface area (Å²) in [5.41, 5.74) is 3.72. The van der Waals surface area contributed by atoms with Gasteiger partial charge < -0.3 is 20.5 Å². The van der Waals surface area contributed by atoms with Crippen LogP contribution in [-0.4, -0.2) is 42.3 Å². The predicted octanol–water partition coefficient (Wildman–Crippen LogP) is 4.46. The number of hydrogen-bond acceptors (Lipinski definition) is 4. The van der Waals surface area contributed by atoms with E-state index in [2.05, 4.69) is 34.9 Å². The normalized spacial score (nSPS) is 17.2. The summed E-state index contributed by atoms with van der Waals surface area (Å²) in [7, 11) is 0. The molecule has 180 valence electrons. The van der Waals surface area contributed by atoms with E-state index in [1.54, 1.807) is 6.92 Å². The number of carboxylic acid groups (broad SMARTS) is 1. The first-order valence-electron chi connectivity index (χ1n) is 12.0. The molecule has 7 nitrogen and oxygen atoms in total. The molecule has 2 aromatic carbocycles. The Morgan fingerprint density at radius 2 is 1.59 bits per heavy atom. The van der Waals surface area contributed by atoms with Gasteiger partial charge in [0.25, 0.3) is 0 Å². The zero-order valence-electron chi connectivity index (χ0n) is 19.5. The van der Waals surface area contributed by atoms with Crippen molar-refractivity contribution in [1.82, 2.24) is 10.6 Å². The summed E-state index contributed by atoms with van der Waals surface area (Å²) >= 11 is 0. The minimum atomic E-state index is -0.878. The molecule has 1 unspecified atom stereocenters. The van der Waals surface area contributed by atoms with E-state index in [0.717, 1.165) is 41.5 Å². The van der Waals surface area contributed by atoms with Crippen LogP contribution in [0.5, 0.6) is 0 Å². The van der Waals surface area contributed by atoms with Crippen LogP contribution in [0.3, 0.4) is 0 Å². The molecule has 4 rings (SSSR count). The van der Waals surface area contributed by atoms with Crippen molar-refractivity contribution in [3.05, 3.63) is 59.7 Å². The fourth-order valence-corrected chi connectivity index (χ4v) is 5.21. The van der Waals surface area contributed by atoms with Gasteiger partial charge in [-0.25, -0.2) is 4.79 Å². The number of hydrogen-bond donors (Lipinski definition) is 3. The molecule has 1 atom stereocenters.